The van der Waals surface area contributed by atoms with Gasteiger partial charge in [-0.3, -0.25) is 4.68 Å². The fourth-order valence-corrected chi connectivity index (χ4v) is 4.98. The van der Waals surface area contributed by atoms with Crippen molar-refractivity contribution in [2.45, 2.75) is 58.7 Å². The molecule has 0 spiro atoms. The van der Waals surface area contributed by atoms with Gasteiger partial charge in [0.05, 0.1) is 69.3 Å². The largest absolute Gasteiger partial charge is 0.573 e. The van der Waals surface area contributed by atoms with Crippen molar-refractivity contribution in [2.75, 3.05) is 51.6 Å². The Labute approximate surface area is 295 Å². The molecule has 1 aliphatic heterocycles. The molecule has 3 heterocycles. The summed E-state index contributed by atoms with van der Waals surface area (Å²) in [4.78, 5) is 8.48. The average molecular weight is 714 g/mol. The first-order valence-electron chi connectivity index (χ1n) is 16.6. The standard InChI is InChI=1S/C35H43BF3N5O7/c1-25-20-29(10-11-30(25)36-50-33(2,3)34(4,5)51-36)48-19-18-47-17-16-46-15-14-45-13-12-44-23-26(22-42-44)31-21-32(41-24-40-31)43-27-6-8-28(9-7-27)49-35(37,38)39/h6-11,20-24H,12-19H2,1-5H3,(H,40,41,43). The monoisotopic (exact) mass is 713 g/mol. The Hall–Kier alpha value is -4.22. The third-order valence-electron chi connectivity index (χ3n) is 8.41. The Morgan fingerprint density at radius 1 is 0.804 bits per heavy atom. The molecule has 12 nitrogen and oxygen atoms in total. The molecule has 0 unspecified atom stereocenters. The van der Waals surface area contributed by atoms with Crippen LogP contribution in [-0.2, 0) is 30.1 Å². The first-order chi connectivity index (χ1) is 24.3. The molecule has 16 heteroatoms. The molecule has 51 heavy (non-hydrogen) atoms. The average Bonchev–Trinajstić information content (AvgIpc) is 3.62. The lowest BCUT2D eigenvalue weighted by Gasteiger charge is -2.32. The highest BCUT2D eigenvalue weighted by Crippen LogP contribution is 2.37. The minimum absolute atomic E-state index is 0.308. The van der Waals surface area contributed by atoms with Crippen LogP contribution in [0.5, 0.6) is 11.5 Å². The van der Waals surface area contributed by atoms with E-state index in [1.807, 2.05) is 59.0 Å². The molecule has 4 aromatic rings. The molecule has 0 saturated carbocycles. The second-order valence-electron chi connectivity index (χ2n) is 12.8. The number of anilines is 2. The van der Waals surface area contributed by atoms with Crippen LogP contribution >= 0.6 is 0 Å². The van der Waals surface area contributed by atoms with Crippen LogP contribution in [0.4, 0.5) is 24.7 Å². The summed E-state index contributed by atoms with van der Waals surface area (Å²) >= 11 is 0. The molecular weight excluding hydrogens is 670 g/mol. The lowest BCUT2D eigenvalue weighted by atomic mass is 9.76. The maximum Gasteiger partial charge on any atom is 0.573 e. The quantitative estimate of drug-likeness (QED) is 0.101. The molecule has 0 radical (unpaired) electrons. The van der Waals surface area contributed by atoms with Gasteiger partial charge in [0.15, 0.2) is 0 Å². The van der Waals surface area contributed by atoms with Crippen LogP contribution in [0.2, 0.25) is 0 Å². The van der Waals surface area contributed by atoms with Gasteiger partial charge in [-0.05, 0) is 82.0 Å². The number of halogens is 3. The van der Waals surface area contributed by atoms with Crippen molar-refractivity contribution in [2.24, 2.45) is 0 Å². The van der Waals surface area contributed by atoms with E-state index in [4.69, 9.17) is 28.3 Å². The zero-order valence-corrected chi connectivity index (χ0v) is 29.4. The lowest BCUT2D eigenvalue weighted by molar-refractivity contribution is -0.274. The number of ether oxygens (including phenoxy) is 5. The summed E-state index contributed by atoms with van der Waals surface area (Å²) in [6.45, 7) is 13.8. The predicted octanol–water partition coefficient (Wildman–Crippen LogP) is 5.72. The van der Waals surface area contributed by atoms with Crippen molar-refractivity contribution in [3.8, 4) is 22.8 Å². The molecule has 274 valence electrons. The van der Waals surface area contributed by atoms with Crippen LogP contribution in [0.15, 0.2) is 67.3 Å². The van der Waals surface area contributed by atoms with E-state index in [0.29, 0.717) is 70.0 Å². The zero-order chi connectivity index (χ0) is 36.5. The molecule has 0 aliphatic carbocycles. The Balaban J connectivity index is 0.906. The Morgan fingerprint density at radius 3 is 2.08 bits per heavy atom. The van der Waals surface area contributed by atoms with E-state index < -0.39 is 13.5 Å². The fraction of sp³-hybridized carbons (Fsp3) is 0.457. The van der Waals surface area contributed by atoms with Gasteiger partial charge in [0.2, 0.25) is 0 Å². The van der Waals surface area contributed by atoms with Crippen molar-refractivity contribution in [3.05, 3.63) is 72.8 Å². The van der Waals surface area contributed by atoms with Crippen molar-refractivity contribution in [1.82, 2.24) is 19.7 Å². The number of nitrogens with one attached hydrogen (secondary N) is 1. The summed E-state index contributed by atoms with van der Waals surface area (Å²) in [6.07, 6.45) is 0.170. The first-order valence-corrected chi connectivity index (χ1v) is 16.6. The molecule has 2 aromatic carbocycles. The molecule has 1 saturated heterocycles. The predicted molar refractivity (Wildman–Crippen MR) is 185 cm³/mol. The number of hydrogen-bond donors (Lipinski definition) is 1. The molecular formula is C35H43BF3N5O7. The van der Waals surface area contributed by atoms with E-state index in [-0.39, 0.29) is 17.0 Å². The fourth-order valence-electron chi connectivity index (χ4n) is 4.98. The van der Waals surface area contributed by atoms with E-state index in [9.17, 15) is 13.2 Å². The molecule has 0 amide bonds. The molecule has 5 rings (SSSR count). The summed E-state index contributed by atoms with van der Waals surface area (Å²) in [5.74, 6) is 0.924. The van der Waals surface area contributed by atoms with Crippen LogP contribution in [0.3, 0.4) is 0 Å². The Bertz CT molecular complexity index is 1690. The van der Waals surface area contributed by atoms with Gasteiger partial charge in [-0.1, -0.05) is 6.07 Å². The number of benzene rings is 2. The van der Waals surface area contributed by atoms with E-state index in [0.717, 1.165) is 22.3 Å². The van der Waals surface area contributed by atoms with Crippen LogP contribution in [-0.4, -0.2) is 90.7 Å². The van der Waals surface area contributed by atoms with Gasteiger partial charge in [-0.25, -0.2) is 9.97 Å². The Kier molecular flexibility index (Phi) is 12.6. The van der Waals surface area contributed by atoms with Gasteiger partial charge >= 0.3 is 13.5 Å². The van der Waals surface area contributed by atoms with E-state index in [2.05, 4.69) is 25.1 Å². The minimum atomic E-state index is -4.75. The number of hydrogen-bond acceptors (Lipinski definition) is 11. The lowest BCUT2D eigenvalue weighted by Crippen LogP contribution is -2.41. The maximum atomic E-state index is 12.4. The maximum absolute atomic E-state index is 12.4. The molecule has 0 atom stereocenters. The Morgan fingerprint density at radius 2 is 1.43 bits per heavy atom. The smallest absolute Gasteiger partial charge is 0.491 e. The highest BCUT2D eigenvalue weighted by atomic mass is 19.4. The van der Waals surface area contributed by atoms with Crippen molar-refractivity contribution < 1.29 is 46.2 Å². The van der Waals surface area contributed by atoms with Crippen LogP contribution < -0.4 is 20.3 Å². The summed E-state index contributed by atoms with van der Waals surface area (Å²) in [5, 5.41) is 7.40. The van der Waals surface area contributed by atoms with Gasteiger partial charge in [0, 0.05) is 23.5 Å². The van der Waals surface area contributed by atoms with Crippen molar-refractivity contribution in [1.29, 1.82) is 0 Å². The highest BCUT2D eigenvalue weighted by Gasteiger charge is 2.52. The number of aryl methyl sites for hydroxylation is 1. The number of rotatable bonds is 18. The van der Waals surface area contributed by atoms with Gasteiger partial charge in [0.25, 0.3) is 0 Å². The van der Waals surface area contributed by atoms with E-state index >= 15 is 0 Å². The SMILES string of the molecule is Cc1cc(OCCOCCOCCOCCn2cc(-c3cc(Nc4ccc(OC(F)(F)F)cc4)ncn3)cn2)ccc1B1OC(C)(C)C(C)(C)O1. The van der Waals surface area contributed by atoms with Gasteiger partial charge < -0.3 is 38.3 Å². The van der Waals surface area contributed by atoms with Gasteiger partial charge in [-0.15, -0.1) is 13.2 Å². The molecule has 0 bridgehead atoms. The molecule has 2 aromatic heterocycles. The summed E-state index contributed by atoms with van der Waals surface area (Å²) in [6, 6.07) is 13.0. The number of alkyl halides is 3. The second-order valence-corrected chi connectivity index (χ2v) is 12.8. The van der Waals surface area contributed by atoms with Crippen LogP contribution in [0, 0.1) is 6.92 Å². The minimum Gasteiger partial charge on any atom is -0.491 e. The second kappa shape index (κ2) is 16.9. The third kappa shape index (κ3) is 11.1. The first kappa shape index (κ1) is 38.0. The topological polar surface area (TPSA) is 120 Å². The summed E-state index contributed by atoms with van der Waals surface area (Å²) < 4.78 is 77.9. The van der Waals surface area contributed by atoms with Crippen molar-refractivity contribution in [3.63, 3.8) is 0 Å². The number of aromatic nitrogens is 4. The van der Waals surface area contributed by atoms with E-state index in [1.165, 1.54) is 30.6 Å². The van der Waals surface area contributed by atoms with Crippen LogP contribution in [0.1, 0.15) is 33.3 Å². The molecule has 1 fully saturated rings. The van der Waals surface area contributed by atoms with Gasteiger partial charge in [0.1, 0.15) is 30.3 Å². The highest BCUT2D eigenvalue weighted by molar-refractivity contribution is 6.62. The van der Waals surface area contributed by atoms with E-state index in [1.54, 1.807) is 16.9 Å². The van der Waals surface area contributed by atoms with Gasteiger partial charge in [-0.2, -0.15) is 5.10 Å². The summed E-state index contributed by atoms with van der Waals surface area (Å²) in [7, 11) is -0.406. The molecule has 1 N–H and O–H groups in total. The summed E-state index contributed by atoms with van der Waals surface area (Å²) in [5.41, 5.74) is 3.19. The molecule has 1 aliphatic rings. The number of nitrogens with zero attached hydrogens (tertiary/aromatic N) is 4. The third-order valence-corrected chi connectivity index (χ3v) is 8.41. The van der Waals surface area contributed by atoms with Crippen molar-refractivity contribution >= 4 is 24.1 Å². The van der Waals surface area contributed by atoms with Crippen LogP contribution in [0.25, 0.3) is 11.3 Å². The zero-order valence-electron chi connectivity index (χ0n) is 29.4. The normalized spacial score (nSPS) is 15.3.